The van der Waals surface area contributed by atoms with E-state index in [4.69, 9.17) is 5.10 Å². The van der Waals surface area contributed by atoms with E-state index < -0.39 is 0 Å². The van der Waals surface area contributed by atoms with E-state index in [9.17, 15) is 14.4 Å². The van der Waals surface area contributed by atoms with E-state index in [2.05, 4.69) is 27.0 Å². The van der Waals surface area contributed by atoms with Gasteiger partial charge in [0.25, 0.3) is 6.47 Å². The minimum atomic E-state index is -0.318. The molecule has 1 aromatic carbocycles. The summed E-state index contributed by atoms with van der Waals surface area (Å²) < 4.78 is 6.64. The first-order chi connectivity index (χ1) is 16.2. The Hall–Kier alpha value is -2.94. The van der Waals surface area contributed by atoms with Gasteiger partial charge in [0.05, 0.1) is 17.6 Å². The zero-order chi connectivity index (χ0) is 24.7. The van der Waals surface area contributed by atoms with Gasteiger partial charge >= 0.3 is 0 Å². The maximum Gasteiger partial charge on any atom is 0.293 e. The number of nitrogens with one attached hydrogen (secondary N) is 2. The van der Waals surface area contributed by atoms with Crippen LogP contribution in [0.25, 0.3) is 10.9 Å². The number of fused-ring (bicyclic) bond motifs is 1. The third-order valence-corrected chi connectivity index (χ3v) is 6.36. The molecule has 2 amide bonds. The molecule has 0 bridgehead atoms. The summed E-state index contributed by atoms with van der Waals surface area (Å²) in [5.41, 5.74) is 2.36. The molecule has 2 N–H and O–H groups in total. The first kappa shape index (κ1) is 25.7. The number of ether oxygens (including phenoxy) is 1. The largest absolute Gasteiger partial charge is 0.462 e. The number of hydrogen-bond acceptors (Lipinski definition) is 6. The van der Waals surface area contributed by atoms with E-state index in [1.807, 2.05) is 43.9 Å². The van der Waals surface area contributed by atoms with Crippen LogP contribution in [0.15, 0.2) is 18.2 Å². The molecule has 0 radical (unpaired) electrons. The molecule has 3 heterocycles. The number of benzene rings is 1. The molecular formula is C25H37N5O4. The summed E-state index contributed by atoms with van der Waals surface area (Å²) >= 11 is 0. The second-order valence-electron chi connectivity index (χ2n) is 9.92. The summed E-state index contributed by atoms with van der Waals surface area (Å²) in [6.07, 6.45) is 4.60. The molecule has 2 saturated heterocycles. The smallest absolute Gasteiger partial charge is 0.293 e. The number of amides is 2. The molecule has 0 saturated carbocycles. The number of piperidine rings is 2. The summed E-state index contributed by atoms with van der Waals surface area (Å²) in [6.45, 7) is 11.4. The molecule has 186 valence electrons. The highest BCUT2D eigenvalue weighted by molar-refractivity contribution is 5.95. The van der Waals surface area contributed by atoms with E-state index in [0.717, 1.165) is 74.1 Å². The molecule has 9 nitrogen and oxygen atoms in total. The molecule has 1 aromatic heterocycles. The van der Waals surface area contributed by atoms with Crippen LogP contribution < -0.4 is 10.6 Å². The summed E-state index contributed by atoms with van der Waals surface area (Å²) in [4.78, 5) is 35.2. The Morgan fingerprint density at radius 2 is 1.94 bits per heavy atom. The third kappa shape index (κ3) is 6.34. The second-order valence-corrected chi connectivity index (χ2v) is 9.92. The summed E-state index contributed by atoms with van der Waals surface area (Å²) in [5.74, 6) is 0.446. The van der Waals surface area contributed by atoms with Gasteiger partial charge in [-0.1, -0.05) is 12.1 Å². The van der Waals surface area contributed by atoms with Crippen molar-refractivity contribution in [2.24, 2.45) is 5.92 Å². The average Bonchev–Trinajstić information content (AvgIpc) is 3.17. The van der Waals surface area contributed by atoms with Crippen molar-refractivity contribution in [2.45, 2.75) is 65.0 Å². The second kappa shape index (κ2) is 11.5. The number of nitrogens with zero attached hydrogens (tertiary/aromatic N) is 3. The highest BCUT2D eigenvalue weighted by Crippen LogP contribution is 2.31. The minimum absolute atomic E-state index is 0.140. The SMILES string of the molecule is CC(C)(C)OC=O.Cc1c2cccc(NC=O)c2nn1C1CCN(C(=O)C2CCCNC2)CC1. The lowest BCUT2D eigenvalue weighted by molar-refractivity contribution is -0.139. The maximum absolute atomic E-state index is 12.7. The van der Waals surface area contributed by atoms with E-state index in [1.165, 1.54) is 0 Å². The predicted octanol–water partition coefficient (Wildman–Crippen LogP) is 3.03. The number of likely N-dealkylation sites (tertiary alicyclic amines) is 1. The summed E-state index contributed by atoms with van der Waals surface area (Å²) in [6, 6.07) is 6.13. The van der Waals surface area contributed by atoms with Crippen molar-refractivity contribution in [1.82, 2.24) is 20.0 Å². The molecule has 9 heteroatoms. The van der Waals surface area contributed by atoms with Gasteiger partial charge in [-0.2, -0.15) is 5.10 Å². The van der Waals surface area contributed by atoms with E-state index in [0.29, 0.717) is 18.8 Å². The number of rotatable bonds is 5. The van der Waals surface area contributed by atoms with Gasteiger partial charge in [-0.3, -0.25) is 19.1 Å². The van der Waals surface area contributed by atoms with Crippen LogP contribution in [0.3, 0.4) is 0 Å². The fourth-order valence-corrected chi connectivity index (χ4v) is 4.58. The summed E-state index contributed by atoms with van der Waals surface area (Å²) in [7, 11) is 0. The van der Waals surface area contributed by atoms with Gasteiger partial charge in [0.1, 0.15) is 11.1 Å². The Morgan fingerprint density at radius 1 is 1.21 bits per heavy atom. The van der Waals surface area contributed by atoms with Gasteiger partial charge < -0.3 is 20.3 Å². The Balaban J connectivity index is 0.000000406. The number of anilines is 1. The molecule has 2 fully saturated rings. The topological polar surface area (TPSA) is 106 Å². The van der Waals surface area contributed by atoms with Crippen LogP contribution in [0.4, 0.5) is 5.69 Å². The van der Waals surface area contributed by atoms with Gasteiger partial charge in [0, 0.05) is 30.7 Å². The van der Waals surface area contributed by atoms with Crippen molar-refractivity contribution in [2.75, 3.05) is 31.5 Å². The zero-order valence-electron chi connectivity index (χ0n) is 20.7. The Morgan fingerprint density at radius 3 is 2.50 bits per heavy atom. The molecule has 2 aliphatic rings. The van der Waals surface area contributed by atoms with Crippen LogP contribution in [-0.4, -0.2) is 65.2 Å². The highest BCUT2D eigenvalue weighted by atomic mass is 16.5. The number of carbonyl (C=O) groups is 3. The van der Waals surface area contributed by atoms with Crippen molar-refractivity contribution in [1.29, 1.82) is 0 Å². The van der Waals surface area contributed by atoms with E-state index in [-0.39, 0.29) is 17.6 Å². The number of aromatic nitrogens is 2. The van der Waals surface area contributed by atoms with E-state index in [1.54, 1.807) is 0 Å². The first-order valence-corrected chi connectivity index (χ1v) is 12.0. The Bertz CT molecular complexity index is 983. The fraction of sp³-hybridized carbons (Fsp3) is 0.600. The first-order valence-electron chi connectivity index (χ1n) is 12.0. The maximum atomic E-state index is 12.7. The van der Waals surface area contributed by atoms with Crippen molar-refractivity contribution in [3.63, 3.8) is 0 Å². The molecular weight excluding hydrogens is 434 g/mol. The van der Waals surface area contributed by atoms with E-state index >= 15 is 0 Å². The standard InChI is InChI=1S/C20H27N5O2.C5H10O2/c1-14-17-5-2-6-18(22-13-26)19(17)23-25(14)16-7-10-24(11-8-16)20(27)15-4-3-9-21-12-15;1-5(2,3)7-4-6/h2,5-6,13,15-16,21H,3-4,7-12H2,1H3,(H,22,26);4H,1-3H3. The number of carbonyl (C=O) groups excluding carboxylic acids is 3. The minimum Gasteiger partial charge on any atom is -0.462 e. The Labute approximate surface area is 201 Å². The molecule has 2 aliphatic heterocycles. The van der Waals surface area contributed by atoms with Gasteiger partial charge in [0.15, 0.2) is 0 Å². The van der Waals surface area contributed by atoms with Crippen molar-refractivity contribution >= 4 is 35.4 Å². The Kier molecular flexibility index (Phi) is 8.66. The lowest BCUT2D eigenvalue weighted by Gasteiger charge is -2.35. The van der Waals surface area contributed by atoms with Gasteiger partial charge in [-0.25, -0.2) is 0 Å². The van der Waals surface area contributed by atoms with Crippen LogP contribution in [0.2, 0.25) is 0 Å². The molecule has 4 rings (SSSR count). The highest BCUT2D eigenvalue weighted by Gasteiger charge is 2.30. The predicted molar refractivity (Wildman–Crippen MR) is 132 cm³/mol. The lowest BCUT2D eigenvalue weighted by Crippen LogP contribution is -2.46. The third-order valence-electron chi connectivity index (χ3n) is 6.36. The van der Waals surface area contributed by atoms with Crippen molar-refractivity contribution in [3.05, 3.63) is 23.9 Å². The van der Waals surface area contributed by atoms with Gasteiger partial charge in [-0.05, 0) is 66.0 Å². The zero-order valence-corrected chi connectivity index (χ0v) is 20.7. The van der Waals surface area contributed by atoms with Crippen LogP contribution >= 0.6 is 0 Å². The van der Waals surface area contributed by atoms with Crippen LogP contribution in [0.5, 0.6) is 0 Å². The fourth-order valence-electron chi connectivity index (χ4n) is 4.58. The lowest BCUT2D eigenvalue weighted by atomic mass is 9.96. The van der Waals surface area contributed by atoms with Crippen LogP contribution in [-0.2, 0) is 19.1 Å². The van der Waals surface area contributed by atoms with Gasteiger partial charge in [-0.15, -0.1) is 0 Å². The summed E-state index contributed by atoms with van der Waals surface area (Å²) in [5, 5.41) is 11.9. The van der Waals surface area contributed by atoms with Crippen LogP contribution in [0, 0.1) is 12.8 Å². The van der Waals surface area contributed by atoms with Crippen molar-refractivity contribution in [3.8, 4) is 0 Å². The molecule has 1 unspecified atom stereocenters. The molecule has 0 aliphatic carbocycles. The molecule has 0 spiro atoms. The quantitative estimate of drug-likeness (QED) is 0.650. The average molecular weight is 472 g/mol. The van der Waals surface area contributed by atoms with Crippen LogP contribution in [0.1, 0.15) is 58.2 Å². The number of aryl methyl sites for hydroxylation is 1. The van der Waals surface area contributed by atoms with Crippen molar-refractivity contribution < 1.29 is 19.1 Å². The van der Waals surface area contributed by atoms with Gasteiger partial charge in [0.2, 0.25) is 12.3 Å². The number of hydrogen-bond donors (Lipinski definition) is 2. The molecule has 2 aromatic rings. The molecule has 1 atom stereocenters. The monoisotopic (exact) mass is 471 g/mol. The molecule has 34 heavy (non-hydrogen) atoms. The normalized spacial score (nSPS) is 19.2.